The fourth-order valence-corrected chi connectivity index (χ4v) is 4.52. The van der Waals surface area contributed by atoms with E-state index in [2.05, 4.69) is 27.3 Å². The van der Waals surface area contributed by atoms with Crippen LogP contribution in [0.3, 0.4) is 0 Å². The first-order valence-electron chi connectivity index (χ1n) is 6.05. The second-order valence-corrected chi connectivity index (χ2v) is 7.78. The van der Waals surface area contributed by atoms with E-state index < -0.39 is 0 Å². The van der Waals surface area contributed by atoms with Gasteiger partial charge in [-0.3, -0.25) is 0 Å². The topological polar surface area (TPSA) is 12.0 Å². The Labute approximate surface area is 135 Å². The molecule has 0 fully saturated rings. The lowest BCUT2D eigenvalue weighted by Gasteiger charge is -2.17. The van der Waals surface area contributed by atoms with Crippen molar-refractivity contribution in [2.45, 2.75) is 25.8 Å². The standard InChI is InChI=1S/C14H12BrCl2NS/c1-7-4-9(15)12(6-10(7)16)18-11-2-3-13-8(11)5-14(17)19-13/h4-6,11,18H,2-3H2,1H3. The first-order chi connectivity index (χ1) is 9.04. The third-order valence-electron chi connectivity index (χ3n) is 3.43. The number of hydrogen-bond acceptors (Lipinski definition) is 2. The molecule has 1 nitrogen and oxygen atoms in total. The van der Waals surface area contributed by atoms with E-state index in [-0.39, 0.29) is 0 Å². The summed E-state index contributed by atoms with van der Waals surface area (Å²) in [6, 6.07) is 6.43. The fraction of sp³-hybridized carbons (Fsp3) is 0.286. The maximum atomic E-state index is 6.20. The molecule has 1 aromatic carbocycles. The summed E-state index contributed by atoms with van der Waals surface area (Å²) in [5.41, 5.74) is 3.44. The van der Waals surface area contributed by atoms with Gasteiger partial charge in [-0.25, -0.2) is 0 Å². The number of hydrogen-bond donors (Lipinski definition) is 1. The molecule has 0 aliphatic heterocycles. The molecule has 0 amide bonds. The van der Waals surface area contributed by atoms with Gasteiger partial charge >= 0.3 is 0 Å². The van der Waals surface area contributed by atoms with Crippen LogP contribution in [0.25, 0.3) is 0 Å². The summed E-state index contributed by atoms with van der Waals surface area (Å²) in [4.78, 5) is 1.40. The molecule has 1 aliphatic carbocycles. The number of benzene rings is 1. The van der Waals surface area contributed by atoms with E-state index in [0.717, 1.165) is 37.9 Å². The smallest absolute Gasteiger partial charge is 0.0934 e. The van der Waals surface area contributed by atoms with Gasteiger partial charge in [-0.2, -0.15) is 0 Å². The van der Waals surface area contributed by atoms with Crippen molar-refractivity contribution in [2.24, 2.45) is 0 Å². The highest BCUT2D eigenvalue weighted by Gasteiger charge is 2.25. The Kier molecular flexibility index (Phi) is 3.82. The predicted octanol–water partition coefficient (Wildman–Crippen LogP) is 6.23. The van der Waals surface area contributed by atoms with Crippen LogP contribution in [0.2, 0.25) is 9.36 Å². The number of halogens is 3. The van der Waals surface area contributed by atoms with Gasteiger partial charge in [0.25, 0.3) is 0 Å². The van der Waals surface area contributed by atoms with Crippen LogP contribution in [-0.2, 0) is 6.42 Å². The van der Waals surface area contributed by atoms with Crippen molar-refractivity contribution >= 4 is 56.2 Å². The molecule has 1 unspecified atom stereocenters. The van der Waals surface area contributed by atoms with E-state index in [1.165, 1.54) is 10.4 Å². The molecule has 1 heterocycles. The second-order valence-electron chi connectivity index (χ2n) is 4.75. The molecule has 0 spiro atoms. The molecule has 3 rings (SSSR count). The molecular weight excluding hydrogens is 365 g/mol. The van der Waals surface area contributed by atoms with Gasteiger partial charge in [0.2, 0.25) is 0 Å². The lowest BCUT2D eigenvalue weighted by molar-refractivity contribution is 0.761. The van der Waals surface area contributed by atoms with Crippen molar-refractivity contribution < 1.29 is 0 Å². The first-order valence-corrected chi connectivity index (χ1v) is 8.41. The summed E-state index contributed by atoms with van der Waals surface area (Å²) in [5, 5.41) is 4.35. The lowest BCUT2D eigenvalue weighted by atomic mass is 10.1. The summed E-state index contributed by atoms with van der Waals surface area (Å²) < 4.78 is 1.92. The van der Waals surface area contributed by atoms with Crippen LogP contribution in [0.4, 0.5) is 5.69 Å². The summed E-state index contributed by atoms with van der Waals surface area (Å²) in [5.74, 6) is 0. The molecule has 1 N–H and O–H groups in total. The minimum Gasteiger partial charge on any atom is -0.377 e. The Hall–Kier alpha value is -0.220. The van der Waals surface area contributed by atoms with Crippen molar-refractivity contribution in [3.63, 3.8) is 0 Å². The van der Waals surface area contributed by atoms with Crippen LogP contribution in [0.1, 0.15) is 28.5 Å². The zero-order valence-corrected chi connectivity index (χ0v) is 14.2. The SMILES string of the molecule is Cc1cc(Br)c(NC2CCc3sc(Cl)cc32)cc1Cl. The second kappa shape index (κ2) is 5.28. The maximum Gasteiger partial charge on any atom is 0.0934 e. The molecular formula is C14H12BrCl2NS. The van der Waals surface area contributed by atoms with E-state index in [1.54, 1.807) is 11.3 Å². The van der Waals surface area contributed by atoms with Gasteiger partial charge in [-0.05, 0) is 65.0 Å². The van der Waals surface area contributed by atoms with Crippen molar-refractivity contribution in [3.8, 4) is 0 Å². The molecule has 0 saturated heterocycles. The Bertz CT molecular complexity index is 639. The third-order valence-corrected chi connectivity index (χ3v) is 5.83. The average Bonchev–Trinajstić information content (AvgIpc) is 2.87. The highest BCUT2D eigenvalue weighted by molar-refractivity contribution is 9.10. The van der Waals surface area contributed by atoms with Gasteiger partial charge < -0.3 is 5.32 Å². The number of nitrogens with one attached hydrogen (secondary N) is 1. The molecule has 0 bridgehead atoms. The van der Waals surface area contributed by atoms with Crippen LogP contribution in [-0.4, -0.2) is 0 Å². The minimum atomic E-state index is 0.328. The molecule has 0 radical (unpaired) electrons. The van der Waals surface area contributed by atoms with Crippen molar-refractivity contribution in [2.75, 3.05) is 5.32 Å². The van der Waals surface area contributed by atoms with Crippen LogP contribution < -0.4 is 5.32 Å². The number of anilines is 1. The summed E-state index contributed by atoms with van der Waals surface area (Å²) >= 11 is 17.6. The number of thiophene rings is 1. The van der Waals surface area contributed by atoms with Crippen molar-refractivity contribution in [1.82, 2.24) is 0 Å². The van der Waals surface area contributed by atoms with Gasteiger partial charge in [0.05, 0.1) is 16.1 Å². The number of aryl methyl sites for hydroxylation is 2. The zero-order valence-electron chi connectivity index (χ0n) is 10.3. The molecule has 19 heavy (non-hydrogen) atoms. The van der Waals surface area contributed by atoms with Crippen molar-refractivity contribution in [1.29, 1.82) is 0 Å². The van der Waals surface area contributed by atoms with E-state index in [4.69, 9.17) is 23.2 Å². The van der Waals surface area contributed by atoms with Gasteiger partial charge in [0.1, 0.15) is 0 Å². The molecule has 2 aromatic rings. The predicted molar refractivity (Wildman–Crippen MR) is 87.9 cm³/mol. The Morgan fingerprint density at radius 3 is 2.89 bits per heavy atom. The maximum absolute atomic E-state index is 6.20. The first kappa shape index (κ1) is 13.7. The minimum absolute atomic E-state index is 0.328. The average molecular weight is 377 g/mol. The summed E-state index contributed by atoms with van der Waals surface area (Å²) in [7, 11) is 0. The van der Waals surface area contributed by atoms with E-state index in [9.17, 15) is 0 Å². The van der Waals surface area contributed by atoms with Gasteiger partial charge in [0, 0.05) is 14.4 Å². The number of fused-ring (bicyclic) bond motifs is 1. The molecule has 1 aromatic heterocycles. The Morgan fingerprint density at radius 1 is 1.32 bits per heavy atom. The molecule has 0 saturated carbocycles. The fourth-order valence-electron chi connectivity index (χ4n) is 2.42. The number of rotatable bonds is 2. The van der Waals surface area contributed by atoms with E-state index in [1.807, 2.05) is 19.1 Å². The summed E-state index contributed by atoms with van der Waals surface area (Å²) in [6.45, 7) is 2.00. The van der Waals surface area contributed by atoms with Crippen LogP contribution in [0.15, 0.2) is 22.7 Å². The Morgan fingerprint density at radius 2 is 2.11 bits per heavy atom. The summed E-state index contributed by atoms with van der Waals surface area (Å²) in [6.07, 6.45) is 2.21. The zero-order chi connectivity index (χ0) is 13.6. The molecule has 5 heteroatoms. The molecule has 100 valence electrons. The third kappa shape index (κ3) is 2.66. The molecule has 1 atom stereocenters. The quantitative estimate of drug-likeness (QED) is 0.655. The van der Waals surface area contributed by atoms with Gasteiger partial charge in [-0.15, -0.1) is 11.3 Å². The normalized spacial score (nSPS) is 17.6. The van der Waals surface area contributed by atoms with Gasteiger partial charge in [0.15, 0.2) is 0 Å². The largest absolute Gasteiger partial charge is 0.377 e. The van der Waals surface area contributed by atoms with Crippen LogP contribution in [0.5, 0.6) is 0 Å². The van der Waals surface area contributed by atoms with E-state index in [0.29, 0.717) is 6.04 Å². The van der Waals surface area contributed by atoms with Crippen LogP contribution >= 0.6 is 50.5 Å². The van der Waals surface area contributed by atoms with Crippen LogP contribution in [0, 0.1) is 6.92 Å². The monoisotopic (exact) mass is 375 g/mol. The van der Waals surface area contributed by atoms with Gasteiger partial charge in [-0.1, -0.05) is 23.2 Å². The van der Waals surface area contributed by atoms with E-state index >= 15 is 0 Å². The van der Waals surface area contributed by atoms with Crippen molar-refractivity contribution in [3.05, 3.63) is 48.0 Å². The highest BCUT2D eigenvalue weighted by atomic mass is 79.9. The Balaban J connectivity index is 1.89. The lowest BCUT2D eigenvalue weighted by Crippen LogP contribution is -2.07. The molecule has 1 aliphatic rings. The highest BCUT2D eigenvalue weighted by Crippen LogP contribution is 2.42.